The molecule has 0 aliphatic heterocycles. The van der Waals surface area contributed by atoms with E-state index in [9.17, 15) is 9.59 Å². The average Bonchev–Trinajstić information content (AvgIpc) is 2.92. The largest absolute Gasteiger partial charge is 0.357 e. The van der Waals surface area contributed by atoms with Crippen molar-refractivity contribution in [1.29, 1.82) is 0 Å². The second-order valence-electron chi connectivity index (χ2n) is 4.46. The molecule has 0 saturated carbocycles. The van der Waals surface area contributed by atoms with E-state index in [2.05, 4.69) is 10.3 Å². The van der Waals surface area contributed by atoms with Gasteiger partial charge in [0.2, 0.25) is 0 Å². The number of rotatable bonds is 4. The molecule has 1 atom stereocenters. The summed E-state index contributed by atoms with van der Waals surface area (Å²) in [6, 6.07) is 10.6. The van der Waals surface area contributed by atoms with Gasteiger partial charge in [0, 0.05) is 11.8 Å². The van der Waals surface area contributed by atoms with Crippen molar-refractivity contribution in [3.63, 3.8) is 0 Å². The van der Waals surface area contributed by atoms with Gasteiger partial charge in [-0.25, -0.2) is 0 Å². The summed E-state index contributed by atoms with van der Waals surface area (Å²) in [5, 5.41) is 2.88. The van der Waals surface area contributed by atoms with Gasteiger partial charge in [-0.1, -0.05) is 18.2 Å². The minimum absolute atomic E-state index is 0.0183. The zero-order valence-electron chi connectivity index (χ0n) is 10.9. The maximum atomic E-state index is 11.9. The van der Waals surface area contributed by atoms with Crippen LogP contribution in [0.1, 0.15) is 46.3 Å². The lowest BCUT2D eigenvalue weighted by atomic mass is 10.0. The summed E-state index contributed by atoms with van der Waals surface area (Å²) < 4.78 is 0. The molecule has 0 radical (unpaired) electrons. The van der Waals surface area contributed by atoms with Gasteiger partial charge in [-0.15, -0.1) is 0 Å². The van der Waals surface area contributed by atoms with Gasteiger partial charge in [-0.2, -0.15) is 0 Å². The van der Waals surface area contributed by atoms with Crippen LogP contribution in [0.3, 0.4) is 0 Å². The first-order valence-electron chi connectivity index (χ1n) is 6.13. The van der Waals surface area contributed by atoms with Gasteiger partial charge in [0.25, 0.3) is 5.91 Å². The van der Waals surface area contributed by atoms with Crippen LogP contribution in [0.15, 0.2) is 42.6 Å². The minimum Gasteiger partial charge on any atom is -0.357 e. The standard InChI is InChI=1S/C15H16N2O2/c1-10(17-15(19)14-7-4-8-16-14)12-5-3-6-13(9-12)11(2)18/h3-10,16H,1-2H3,(H,17,19). The number of Topliss-reactive ketones (excluding diaryl/α,β-unsaturated/α-hetero) is 1. The molecule has 1 unspecified atom stereocenters. The van der Waals surface area contributed by atoms with Gasteiger partial charge in [-0.05, 0) is 37.6 Å². The normalized spacial score (nSPS) is 11.9. The molecule has 1 aromatic carbocycles. The second-order valence-corrected chi connectivity index (χ2v) is 4.46. The molecule has 2 N–H and O–H groups in total. The molecule has 2 aromatic rings. The number of nitrogens with one attached hydrogen (secondary N) is 2. The first-order valence-corrected chi connectivity index (χ1v) is 6.13. The summed E-state index contributed by atoms with van der Waals surface area (Å²) in [6.45, 7) is 3.42. The number of carbonyl (C=O) groups excluding carboxylic acids is 2. The predicted molar refractivity (Wildman–Crippen MR) is 73.1 cm³/mol. The first-order chi connectivity index (χ1) is 9.08. The number of aromatic amines is 1. The first kappa shape index (κ1) is 13.1. The third-order valence-corrected chi connectivity index (χ3v) is 2.98. The number of H-pyrrole nitrogens is 1. The van der Waals surface area contributed by atoms with Crippen molar-refractivity contribution >= 4 is 11.7 Å². The van der Waals surface area contributed by atoms with Crippen LogP contribution in [0.2, 0.25) is 0 Å². The van der Waals surface area contributed by atoms with Gasteiger partial charge >= 0.3 is 0 Å². The molecule has 19 heavy (non-hydrogen) atoms. The van der Waals surface area contributed by atoms with Gasteiger partial charge in [0.05, 0.1) is 6.04 Å². The lowest BCUT2D eigenvalue weighted by molar-refractivity contribution is 0.0935. The van der Waals surface area contributed by atoms with Crippen LogP contribution in [0.4, 0.5) is 0 Å². The molecule has 0 aliphatic carbocycles. The van der Waals surface area contributed by atoms with Crippen molar-refractivity contribution in [3.8, 4) is 0 Å². The highest BCUT2D eigenvalue weighted by atomic mass is 16.2. The van der Waals surface area contributed by atoms with E-state index in [-0.39, 0.29) is 17.7 Å². The zero-order chi connectivity index (χ0) is 13.8. The smallest absolute Gasteiger partial charge is 0.268 e. The molecule has 0 saturated heterocycles. The molecule has 4 nitrogen and oxygen atoms in total. The van der Waals surface area contributed by atoms with Gasteiger partial charge in [0.1, 0.15) is 5.69 Å². The molecule has 0 fully saturated rings. The fourth-order valence-electron chi connectivity index (χ4n) is 1.86. The van der Waals surface area contributed by atoms with Crippen molar-refractivity contribution in [1.82, 2.24) is 10.3 Å². The highest BCUT2D eigenvalue weighted by Gasteiger charge is 2.12. The van der Waals surface area contributed by atoms with E-state index in [1.54, 1.807) is 24.4 Å². The van der Waals surface area contributed by atoms with E-state index >= 15 is 0 Å². The quantitative estimate of drug-likeness (QED) is 0.826. The average molecular weight is 256 g/mol. The lowest BCUT2D eigenvalue weighted by Gasteiger charge is -2.14. The Morgan fingerprint density at radius 1 is 1.21 bits per heavy atom. The van der Waals surface area contributed by atoms with Crippen molar-refractivity contribution in [2.24, 2.45) is 0 Å². The van der Waals surface area contributed by atoms with E-state index in [1.807, 2.05) is 25.1 Å². The highest BCUT2D eigenvalue weighted by Crippen LogP contribution is 2.15. The van der Waals surface area contributed by atoms with Crippen molar-refractivity contribution in [2.45, 2.75) is 19.9 Å². The van der Waals surface area contributed by atoms with Crippen LogP contribution in [-0.2, 0) is 0 Å². The van der Waals surface area contributed by atoms with Gasteiger partial charge < -0.3 is 10.3 Å². The fourth-order valence-corrected chi connectivity index (χ4v) is 1.86. The van der Waals surface area contributed by atoms with Crippen LogP contribution in [0, 0.1) is 0 Å². The second kappa shape index (κ2) is 5.52. The van der Waals surface area contributed by atoms with E-state index in [1.165, 1.54) is 6.92 Å². The summed E-state index contributed by atoms with van der Waals surface area (Å²) in [6.07, 6.45) is 1.70. The Labute approximate surface area is 111 Å². The fraction of sp³-hybridized carbons (Fsp3) is 0.200. The number of hydrogen-bond acceptors (Lipinski definition) is 2. The van der Waals surface area contributed by atoms with E-state index in [0.717, 1.165) is 5.56 Å². The summed E-state index contributed by atoms with van der Waals surface area (Å²) in [5.74, 6) is -0.143. The number of hydrogen-bond donors (Lipinski definition) is 2. The SMILES string of the molecule is CC(=O)c1cccc(C(C)NC(=O)c2ccc[nH]2)c1. The number of amides is 1. The third kappa shape index (κ3) is 3.10. The van der Waals surface area contributed by atoms with Crippen molar-refractivity contribution in [3.05, 3.63) is 59.4 Å². The Hall–Kier alpha value is -2.36. The monoisotopic (exact) mass is 256 g/mol. The number of benzene rings is 1. The summed E-state index contributed by atoms with van der Waals surface area (Å²) >= 11 is 0. The highest BCUT2D eigenvalue weighted by molar-refractivity contribution is 5.94. The topological polar surface area (TPSA) is 62.0 Å². The summed E-state index contributed by atoms with van der Waals surface area (Å²) in [7, 11) is 0. The van der Waals surface area contributed by atoms with Crippen LogP contribution >= 0.6 is 0 Å². The van der Waals surface area contributed by atoms with Crippen LogP contribution in [-0.4, -0.2) is 16.7 Å². The lowest BCUT2D eigenvalue weighted by Crippen LogP contribution is -2.27. The molecule has 1 aromatic heterocycles. The molecule has 0 spiro atoms. The molecule has 0 bridgehead atoms. The van der Waals surface area contributed by atoms with E-state index in [0.29, 0.717) is 11.3 Å². The third-order valence-electron chi connectivity index (χ3n) is 2.98. The Kier molecular flexibility index (Phi) is 3.80. The molecule has 1 heterocycles. The van der Waals surface area contributed by atoms with Crippen molar-refractivity contribution < 1.29 is 9.59 Å². The summed E-state index contributed by atoms with van der Waals surface area (Å²) in [4.78, 5) is 26.1. The number of carbonyl (C=O) groups is 2. The maximum absolute atomic E-state index is 11.9. The number of aromatic nitrogens is 1. The molecule has 0 aliphatic rings. The Morgan fingerprint density at radius 2 is 2.00 bits per heavy atom. The Balaban J connectivity index is 2.11. The van der Waals surface area contributed by atoms with E-state index in [4.69, 9.17) is 0 Å². The van der Waals surface area contributed by atoms with Gasteiger partial charge in [0.15, 0.2) is 5.78 Å². The van der Waals surface area contributed by atoms with Crippen LogP contribution in [0.25, 0.3) is 0 Å². The maximum Gasteiger partial charge on any atom is 0.268 e. The molecule has 1 amide bonds. The molecular formula is C15H16N2O2. The molecule has 98 valence electrons. The molecular weight excluding hydrogens is 240 g/mol. The predicted octanol–water partition coefficient (Wildman–Crippen LogP) is 2.71. The Morgan fingerprint density at radius 3 is 2.63 bits per heavy atom. The number of ketones is 1. The summed E-state index contributed by atoms with van der Waals surface area (Å²) in [5.41, 5.74) is 2.08. The van der Waals surface area contributed by atoms with Crippen LogP contribution < -0.4 is 5.32 Å². The van der Waals surface area contributed by atoms with Crippen molar-refractivity contribution in [2.75, 3.05) is 0 Å². The Bertz CT molecular complexity index is 588. The molecule has 2 rings (SSSR count). The van der Waals surface area contributed by atoms with E-state index < -0.39 is 0 Å². The van der Waals surface area contributed by atoms with Crippen LogP contribution in [0.5, 0.6) is 0 Å². The molecule has 4 heteroatoms. The van der Waals surface area contributed by atoms with Gasteiger partial charge in [-0.3, -0.25) is 9.59 Å². The minimum atomic E-state index is -0.161. The zero-order valence-corrected chi connectivity index (χ0v) is 10.9.